The van der Waals surface area contributed by atoms with E-state index in [0.717, 1.165) is 0 Å². The topological polar surface area (TPSA) is 74.6 Å². The van der Waals surface area contributed by atoms with Gasteiger partial charge in [0, 0.05) is 0 Å². The van der Waals surface area contributed by atoms with E-state index in [1.807, 2.05) is 13.8 Å². The van der Waals surface area contributed by atoms with E-state index in [9.17, 15) is 9.36 Å². The molecule has 0 aromatic carbocycles. The lowest BCUT2D eigenvalue weighted by Gasteiger charge is -2.04. The molecule has 2 atom stereocenters. The Morgan fingerprint density at radius 3 is 2.25 bits per heavy atom. The SMILES string of the molecule is CC(C)CC(CC(=O)O)[P+](=O)O. The maximum Gasteiger partial charge on any atom is 0.509 e. The van der Waals surface area contributed by atoms with Gasteiger partial charge >= 0.3 is 14.0 Å². The molecule has 0 saturated heterocycles. The van der Waals surface area contributed by atoms with E-state index in [1.165, 1.54) is 0 Å². The summed E-state index contributed by atoms with van der Waals surface area (Å²) in [7, 11) is -2.36. The van der Waals surface area contributed by atoms with Gasteiger partial charge in [-0.05, 0) is 16.9 Å². The number of carboxylic acid groups (broad SMARTS) is 1. The molecule has 70 valence electrons. The van der Waals surface area contributed by atoms with Crippen LogP contribution < -0.4 is 0 Å². The summed E-state index contributed by atoms with van der Waals surface area (Å²) in [5, 5.41) is 8.41. The second-order valence-electron chi connectivity index (χ2n) is 3.18. The Bertz CT molecular complexity index is 178. The van der Waals surface area contributed by atoms with Crippen LogP contribution in [0.2, 0.25) is 0 Å². The predicted octanol–water partition coefficient (Wildman–Crippen LogP) is 1.61. The number of carboxylic acids is 1. The number of aliphatic carboxylic acids is 1. The molecule has 0 fully saturated rings. The summed E-state index contributed by atoms with van der Waals surface area (Å²) in [5.41, 5.74) is -0.600. The van der Waals surface area contributed by atoms with Gasteiger partial charge < -0.3 is 5.11 Å². The lowest BCUT2D eigenvalue weighted by molar-refractivity contribution is -0.137. The molecule has 12 heavy (non-hydrogen) atoms. The minimum Gasteiger partial charge on any atom is -0.481 e. The number of hydrogen-bond acceptors (Lipinski definition) is 2. The van der Waals surface area contributed by atoms with Gasteiger partial charge in [-0.15, -0.1) is 0 Å². The Labute approximate surface area is 72.5 Å². The van der Waals surface area contributed by atoms with Crippen LogP contribution in [0.5, 0.6) is 0 Å². The van der Waals surface area contributed by atoms with Crippen LogP contribution in [0.3, 0.4) is 0 Å². The van der Waals surface area contributed by atoms with Gasteiger partial charge in [-0.3, -0.25) is 4.79 Å². The zero-order valence-corrected chi connectivity index (χ0v) is 8.12. The Kier molecular flexibility index (Phi) is 5.02. The first-order valence-electron chi connectivity index (χ1n) is 3.80. The molecule has 4 nitrogen and oxygen atoms in total. The molecule has 0 rings (SSSR count). The molecule has 0 spiro atoms. The molecule has 0 heterocycles. The monoisotopic (exact) mass is 193 g/mol. The van der Waals surface area contributed by atoms with Crippen molar-refractivity contribution in [2.24, 2.45) is 5.92 Å². The van der Waals surface area contributed by atoms with Crippen LogP contribution in [0.4, 0.5) is 0 Å². The minimum atomic E-state index is -2.36. The van der Waals surface area contributed by atoms with Crippen molar-refractivity contribution in [3.05, 3.63) is 0 Å². The summed E-state index contributed by atoms with van der Waals surface area (Å²) in [6.07, 6.45) is 0.266. The van der Waals surface area contributed by atoms with Gasteiger partial charge in [-0.25, -0.2) is 0 Å². The molecule has 0 saturated carbocycles. The Balaban J connectivity index is 4.04. The van der Waals surface area contributed by atoms with E-state index in [2.05, 4.69) is 0 Å². The lowest BCUT2D eigenvalue weighted by Crippen LogP contribution is -2.12. The highest BCUT2D eigenvalue weighted by Crippen LogP contribution is 2.30. The molecule has 2 unspecified atom stereocenters. The van der Waals surface area contributed by atoms with Crippen molar-refractivity contribution in [2.45, 2.75) is 32.3 Å². The maximum atomic E-state index is 10.7. The fourth-order valence-corrected chi connectivity index (χ4v) is 1.91. The number of carbonyl (C=O) groups is 1. The molecule has 0 aromatic rings. The van der Waals surface area contributed by atoms with E-state index in [0.29, 0.717) is 6.42 Å². The first-order valence-corrected chi connectivity index (χ1v) is 5.08. The second-order valence-corrected chi connectivity index (χ2v) is 4.52. The molecule has 2 N–H and O–H groups in total. The van der Waals surface area contributed by atoms with Crippen LogP contribution in [-0.2, 0) is 9.36 Å². The summed E-state index contributed by atoms with van der Waals surface area (Å²) < 4.78 is 10.7. The van der Waals surface area contributed by atoms with Crippen LogP contribution >= 0.6 is 8.03 Å². The molecule has 0 aliphatic heterocycles. The Morgan fingerprint density at radius 1 is 1.50 bits per heavy atom. The predicted molar refractivity (Wildman–Crippen MR) is 45.3 cm³/mol. The molecule has 5 heteroatoms. The van der Waals surface area contributed by atoms with Gasteiger partial charge in [0.1, 0.15) is 0 Å². The van der Waals surface area contributed by atoms with Crippen molar-refractivity contribution in [3.8, 4) is 0 Å². The number of rotatable bonds is 5. The highest BCUT2D eigenvalue weighted by molar-refractivity contribution is 7.38. The highest BCUT2D eigenvalue weighted by Gasteiger charge is 2.31. The molecular formula is C7H14O4P+. The number of hydrogen-bond donors (Lipinski definition) is 2. The zero-order valence-electron chi connectivity index (χ0n) is 7.23. The second kappa shape index (κ2) is 5.22. The van der Waals surface area contributed by atoms with E-state index < -0.39 is 19.7 Å². The van der Waals surface area contributed by atoms with Crippen molar-refractivity contribution in [2.75, 3.05) is 0 Å². The molecule has 0 aliphatic rings. The molecular weight excluding hydrogens is 179 g/mol. The van der Waals surface area contributed by atoms with Crippen LogP contribution in [0.1, 0.15) is 26.7 Å². The molecule has 0 amide bonds. The summed E-state index contributed by atoms with van der Waals surface area (Å²) >= 11 is 0. The summed E-state index contributed by atoms with van der Waals surface area (Å²) in [6, 6.07) is 0. The third-order valence-corrected chi connectivity index (χ3v) is 2.48. The normalized spacial score (nSPS) is 14.5. The van der Waals surface area contributed by atoms with Gasteiger partial charge in [0.05, 0.1) is 6.42 Å². The van der Waals surface area contributed by atoms with Gasteiger partial charge in [0.2, 0.25) is 0 Å². The van der Waals surface area contributed by atoms with Gasteiger partial charge in [0.25, 0.3) is 0 Å². The fraction of sp³-hybridized carbons (Fsp3) is 0.857. The van der Waals surface area contributed by atoms with E-state index >= 15 is 0 Å². The van der Waals surface area contributed by atoms with Crippen LogP contribution in [0.15, 0.2) is 0 Å². The Morgan fingerprint density at radius 2 is 2.00 bits per heavy atom. The van der Waals surface area contributed by atoms with Crippen molar-refractivity contribution < 1.29 is 19.4 Å². The first-order chi connectivity index (χ1) is 5.43. The zero-order chi connectivity index (χ0) is 9.72. The van der Waals surface area contributed by atoms with Crippen LogP contribution in [-0.4, -0.2) is 21.6 Å². The smallest absolute Gasteiger partial charge is 0.481 e. The first kappa shape index (κ1) is 11.5. The maximum absolute atomic E-state index is 10.7. The van der Waals surface area contributed by atoms with E-state index in [1.54, 1.807) is 0 Å². The van der Waals surface area contributed by atoms with Gasteiger partial charge in [-0.1, -0.05) is 13.8 Å². The van der Waals surface area contributed by atoms with E-state index in [4.69, 9.17) is 10.00 Å². The van der Waals surface area contributed by atoms with Crippen molar-refractivity contribution >= 4 is 14.0 Å². The van der Waals surface area contributed by atoms with Gasteiger partial charge in [-0.2, -0.15) is 4.89 Å². The average Bonchev–Trinajstić information content (AvgIpc) is 1.83. The van der Waals surface area contributed by atoms with Gasteiger partial charge in [0.15, 0.2) is 5.66 Å². The molecule has 0 radical (unpaired) electrons. The van der Waals surface area contributed by atoms with Crippen molar-refractivity contribution in [3.63, 3.8) is 0 Å². The third-order valence-electron chi connectivity index (χ3n) is 1.47. The van der Waals surface area contributed by atoms with Crippen molar-refractivity contribution in [1.29, 1.82) is 0 Å². The van der Waals surface area contributed by atoms with Crippen LogP contribution in [0.25, 0.3) is 0 Å². The summed E-state index contributed by atoms with van der Waals surface area (Å²) in [4.78, 5) is 19.0. The third kappa shape index (κ3) is 5.22. The minimum absolute atomic E-state index is 0.218. The standard InChI is InChI=1S/C7H13O4P/c1-5(2)3-6(12(10)11)4-7(8)9/h5-6H,3-4H2,1-2H3,(H-,8,9,10,11)/p+1. The van der Waals surface area contributed by atoms with Crippen molar-refractivity contribution in [1.82, 2.24) is 0 Å². The lowest BCUT2D eigenvalue weighted by atomic mass is 10.1. The van der Waals surface area contributed by atoms with Crippen LogP contribution in [0, 0.1) is 5.92 Å². The molecule has 0 aromatic heterocycles. The van der Waals surface area contributed by atoms with E-state index in [-0.39, 0.29) is 12.3 Å². The largest absolute Gasteiger partial charge is 0.509 e. The Hall–Kier alpha value is -0.470. The summed E-state index contributed by atoms with van der Waals surface area (Å²) in [6.45, 7) is 3.79. The highest BCUT2D eigenvalue weighted by atomic mass is 31.1. The quantitative estimate of drug-likeness (QED) is 0.650. The fourth-order valence-electron chi connectivity index (χ4n) is 0.997. The molecule has 0 bridgehead atoms. The average molecular weight is 193 g/mol. The summed E-state index contributed by atoms with van der Waals surface area (Å²) in [5.74, 6) is -0.765. The molecule has 0 aliphatic carbocycles.